The minimum absolute atomic E-state index is 0.0358. The van der Waals surface area contributed by atoms with Crippen LogP contribution in [0.1, 0.15) is 30.5 Å². The maximum Gasteiger partial charge on any atom is 0.260 e. The highest BCUT2D eigenvalue weighted by atomic mass is 16.5. The number of nitrogens with zero attached hydrogens (tertiary/aromatic N) is 3. The van der Waals surface area contributed by atoms with Crippen LogP contribution in [0.2, 0.25) is 0 Å². The summed E-state index contributed by atoms with van der Waals surface area (Å²) in [6, 6.07) is 9.33. The maximum atomic E-state index is 12.2. The smallest absolute Gasteiger partial charge is 0.260 e. The number of para-hydroxylation sites is 1. The Morgan fingerprint density at radius 2 is 1.97 bits per heavy atom. The molecule has 0 spiro atoms. The molecule has 0 N–H and O–H groups in total. The summed E-state index contributed by atoms with van der Waals surface area (Å²) in [4.78, 5) is 18.4. The Kier molecular flexibility index (Phi) is 6.74. The van der Waals surface area contributed by atoms with Gasteiger partial charge in [-0.25, -0.2) is 0 Å². The van der Waals surface area contributed by atoms with E-state index in [2.05, 4.69) is 10.1 Å². The fourth-order valence-corrected chi connectivity index (χ4v) is 3.45. The third kappa shape index (κ3) is 5.55. The van der Waals surface area contributed by atoms with E-state index in [1.807, 2.05) is 30.3 Å². The molecule has 156 valence electrons. The van der Waals surface area contributed by atoms with Crippen molar-refractivity contribution in [3.05, 3.63) is 42.0 Å². The van der Waals surface area contributed by atoms with Crippen molar-refractivity contribution in [1.29, 1.82) is 0 Å². The number of ether oxygens (including phenoxy) is 3. The van der Waals surface area contributed by atoms with Gasteiger partial charge in [-0.3, -0.25) is 4.79 Å². The van der Waals surface area contributed by atoms with Gasteiger partial charge in [0, 0.05) is 39.3 Å². The van der Waals surface area contributed by atoms with Gasteiger partial charge < -0.3 is 23.6 Å². The van der Waals surface area contributed by atoms with Crippen LogP contribution >= 0.6 is 0 Å². The average Bonchev–Trinajstić information content (AvgIpc) is 3.18. The first-order chi connectivity index (χ1) is 14.3. The van der Waals surface area contributed by atoms with Crippen molar-refractivity contribution in [2.45, 2.75) is 25.2 Å². The third-order valence-corrected chi connectivity index (χ3v) is 5.34. The van der Waals surface area contributed by atoms with Crippen LogP contribution in [0.5, 0.6) is 5.75 Å². The minimum Gasteiger partial charge on any atom is -0.484 e. The molecule has 1 amide bonds. The Morgan fingerprint density at radius 1 is 1.17 bits per heavy atom. The first kappa shape index (κ1) is 19.8. The van der Waals surface area contributed by atoms with Gasteiger partial charge in [-0.15, -0.1) is 0 Å². The van der Waals surface area contributed by atoms with Gasteiger partial charge in [0.2, 0.25) is 5.89 Å². The quantitative estimate of drug-likeness (QED) is 0.595. The second-order valence-electron chi connectivity index (χ2n) is 7.53. The number of carbonyl (C=O) groups is 1. The first-order valence-corrected chi connectivity index (χ1v) is 10.2. The SMILES string of the molecule is O=C(COc1ccccc1)N1CC(c2nc(CCOCC3CCOCC3)no2)C1. The Labute approximate surface area is 170 Å². The van der Waals surface area contributed by atoms with Crippen molar-refractivity contribution in [2.24, 2.45) is 5.92 Å². The number of hydrogen-bond acceptors (Lipinski definition) is 7. The fraction of sp³-hybridized carbons (Fsp3) is 0.571. The Bertz CT molecular complexity index is 770. The highest BCUT2D eigenvalue weighted by molar-refractivity contribution is 5.78. The molecule has 0 radical (unpaired) electrons. The molecule has 0 aliphatic carbocycles. The van der Waals surface area contributed by atoms with Gasteiger partial charge >= 0.3 is 0 Å². The average molecular weight is 401 g/mol. The Balaban J connectivity index is 1.13. The molecule has 1 aromatic heterocycles. The summed E-state index contributed by atoms with van der Waals surface area (Å²) >= 11 is 0. The lowest BCUT2D eigenvalue weighted by Gasteiger charge is -2.36. The second kappa shape index (κ2) is 9.84. The maximum absolute atomic E-state index is 12.2. The summed E-state index contributed by atoms with van der Waals surface area (Å²) in [5.74, 6) is 2.60. The van der Waals surface area contributed by atoms with Crippen LogP contribution in [-0.2, 0) is 20.7 Å². The molecule has 0 unspecified atom stereocenters. The van der Waals surface area contributed by atoms with Crippen LogP contribution in [-0.4, -0.2) is 67.1 Å². The van der Waals surface area contributed by atoms with Crippen molar-refractivity contribution >= 4 is 5.91 Å². The molecule has 3 heterocycles. The van der Waals surface area contributed by atoms with Crippen molar-refractivity contribution in [1.82, 2.24) is 15.0 Å². The van der Waals surface area contributed by atoms with E-state index in [-0.39, 0.29) is 18.4 Å². The normalized spacial score (nSPS) is 17.9. The summed E-state index contributed by atoms with van der Waals surface area (Å²) < 4.78 is 22.0. The van der Waals surface area contributed by atoms with E-state index in [1.165, 1.54) is 0 Å². The third-order valence-electron chi connectivity index (χ3n) is 5.34. The van der Waals surface area contributed by atoms with Gasteiger partial charge in [0.1, 0.15) is 5.75 Å². The van der Waals surface area contributed by atoms with E-state index >= 15 is 0 Å². The van der Waals surface area contributed by atoms with E-state index in [1.54, 1.807) is 4.90 Å². The molecule has 0 bridgehead atoms. The molecule has 1 aromatic carbocycles. The highest BCUT2D eigenvalue weighted by Crippen LogP contribution is 2.26. The van der Waals surface area contributed by atoms with Gasteiger partial charge in [0.25, 0.3) is 5.91 Å². The number of rotatable bonds is 9. The van der Waals surface area contributed by atoms with E-state index in [9.17, 15) is 4.79 Å². The predicted octanol–water partition coefficient (Wildman–Crippen LogP) is 2.06. The zero-order valence-electron chi connectivity index (χ0n) is 16.5. The van der Waals surface area contributed by atoms with Gasteiger partial charge in [-0.2, -0.15) is 4.98 Å². The van der Waals surface area contributed by atoms with Crippen LogP contribution < -0.4 is 4.74 Å². The lowest BCUT2D eigenvalue weighted by molar-refractivity contribution is -0.138. The summed E-state index contributed by atoms with van der Waals surface area (Å²) in [7, 11) is 0. The van der Waals surface area contributed by atoms with Gasteiger partial charge in [0.05, 0.1) is 12.5 Å². The summed E-state index contributed by atoms with van der Waals surface area (Å²) in [5.41, 5.74) is 0. The molecule has 0 saturated carbocycles. The molecule has 2 aliphatic heterocycles. The highest BCUT2D eigenvalue weighted by Gasteiger charge is 2.35. The molecule has 2 aliphatic rings. The number of amides is 1. The van der Waals surface area contributed by atoms with Gasteiger partial charge in [-0.1, -0.05) is 23.4 Å². The van der Waals surface area contributed by atoms with Gasteiger partial charge in [-0.05, 0) is 30.9 Å². The molecule has 4 rings (SSSR count). The summed E-state index contributed by atoms with van der Waals surface area (Å²) in [5, 5.41) is 4.04. The Morgan fingerprint density at radius 3 is 2.76 bits per heavy atom. The summed E-state index contributed by atoms with van der Waals surface area (Å²) in [6.07, 6.45) is 2.77. The number of benzene rings is 1. The van der Waals surface area contributed by atoms with E-state index < -0.39 is 0 Å². The van der Waals surface area contributed by atoms with Crippen molar-refractivity contribution in [3.8, 4) is 5.75 Å². The molecule has 8 nitrogen and oxygen atoms in total. The number of hydrogen-bond donors (Lipinski definition) is 0. The number of likely N-dealkylation sites (tertiary alicyclic amines) is 1. The molecule has 2 fully saturated rings. The molecule has 8 heteroatoms. The van der Waals surface area contributed by atoms with E-state index in [0.717, 1.165) is 32.7 Å². The fourth-order valence-electron chi connectivity index (χ4n) is 3.45. The van der Waals surface area contributed by atoms with E-state index in [0.29, 0.717) is 49.5 Å². The van der Waals surface area contributed by atoms with Crippen LogP contribution in [0.25, 0.3) is 0 Å². The standard InChI is InChI=1S/C21H27N3O5/c25-20(15-28-18-4-2-1-3-5-18)24-12-17(13-24)21-22-19(23-29-21)8-11-27-14-16-6-9-26-10-7-16/h1-5,16-17H,6-15H2. The predicted molar refractivity (Wildman–Crippen MR) is 104 cm³/mol. The van der Waals surface area contributed by atoms with Gasteiger partial charge in [0.15, 0.2) is 12.4 Å². The summed E-state index contributed by atoms with van der Waals surface area (Å²) in [6.45, 7) is 4.22. The number of aromatic nitrogens is 2. The molecule has 29 heavy (non-hydrogen) atoms. The first-order valence-electron chi connectivity index (χ1n) is 10.2. The molecule has 0 atom stereocenters. The van der Waals surface area contributed by atoms with Crippen molar-refractivity contribution < 1.29 is 23.5 Å². The molecular weight excluding hydrogens is 374 g/mol. The van der Waals surface area contributed by atoms with Crippen LogP contribution in [0.15, 0.2) is 34.9 Å². The monoisotopic (exact) mass is 401 g/mol. The van der Waals surface area contributed by atoms with Crippen LogP contribution in [0, 0.1) is 5.92 Å². The second-order valence-corrected chi connectivity index (χ2v) is 7.53. The molecule has 2 saturated heterocycles. The minimum atomic E-state index is -0.0358. The largest absolute Gasteiger partial charge is 0.484 e. The Hall–Kier alpha value is -2.45. The van der Waals surface area contributed by atoms with Crippen molar-refractivity contribution in [2.75, 3.05) is 46.1 Å². The topological polar surface area (TPSA) is 86.9 Å². The number of carbonyl (C=O) groups excluding carboxylic acids is 1. The van der Waals surface area contributed by atoms with Crippen molar-refractivity contribution in [3.63, 3.8) is 0 Å². The molecular formula is C21H27N3O5. The van der Waals surface area contributed by atoms with Crippen LogP contribution in [0.4, 0.5) is 0 Å². The lowest BCUT2D eigenvalue weighted by Crippen LogP contribution is -2.50. The van der Waals surface area contributed by atoms with Crippen LogP contribution in [0.3, 0.4) is 0 Å². The van der Waals surface area contributed by atoms with E-state index in [4.69, 9.17) is 18.7 Å². The zero-order valence-corrected chi connectivity index (χ0v) is 16.5. The lowest BCUT2D eigenvalue weighted by atomic mass is 10.0. The zero-order chi connectivity index (χ0) is 19.9. The molecule has 2 aromatic rings.